The molecule has 0 bridgehead atoms. The van der Waals surface area contributed by atoms with E-state index in [2.05, 4.69) is 0 Å². The molecule has 1 aromatic heterocycles. The van der Waals surface area contributed by atoms with Gasteiger partial charge < -0.3 is 14.0 Å². The molecular formula is C10H13NO3. The van der Waals surface area contributed by atoms with Crippen molar-refractivity contribution in [3.05, 3.63) is 24.0 Å². The molecule has 0 aromatic carbocycles. The fraction of sp³-hybridized carbons (Fsp3) is 0.500. The second kappa shape index (κ2) is 4.39. The summed E-state index contributed by atoms with van der Waals surface area (Å²) in [6.45, 7) is 2.60. The molecule has 0 amide bonds. The van der Waals surface area contributed by atoms with Crippen LogP contribution < -0.4 is 0 Å². The highest BCUT2D eigenvalue weighted by molar-refractivity contribution is 5.72. The van der Waals surface area contributed by atoms with Gasteiger partial charge in [-0.2, -0.15) is 0 Å². The molecule has 2 heterocycles. The molecule has 0 radical (unpaired) electrons. The lowest BCUT2D eigenvalue weighted by molar-refractivity contribution is -0.0936. The molecule has 0 saturated carbocycles. The van der Waals surface area contributed by atoms with Crippen molar-refractivity contribution in [2.24, 2.45) is 0 Å². The predicted molar refractivity (Wildman–Crippen MR) is 50.4 cm³/mol. The Hall–Kier alpha value is -1.13. The molecule has 1 saturated heterocycles. The average Bonchev–Trinajstić information content (AvgIpc) is 2.67. The number of aromatic nitrogens is 1. The third-order valence-electron chi connectivity index (χ3n) is 2.27. The van der Waals surface area contributed by atoms with Crippen molar-refractivity contribution >= 4 is 6.29 Å². The Morgan fingerprint density at radius 1 is 1.57 bits per heavy atom. The van der Waals surface area contributed by atoms with Gasteiger partial charge in [-0.3, -0.25) is 4.79 Å². The van der Waals surface area contributed by atoms with E-state index in [1.807, 2.05) is 16.8 Å². The molecule has 1 unspecified atom stereocenters. The number of carbonyl (C=O) groups is 1. The van der Waals surface area contributed by atoms with E-state index >= 15 is 0 Å². The molecule has 0 N–H and O–H groups in total. The van der Waals surface area contributed by atoms with E-state index in [1.54, 1.807) is 6.07 Å². The molecule has 1 atom stereocenters. The number of nitrogens with zero attached hydrogens (tertiary/aromatic N) is 1. The molecule has 1 aliphatic rings. The Bertz CT molecular complexity index is 302. The lowest BCUT2D eigenvalue weighted by atomic mass is 10.3. The summed E-state index contributed by atoms with van der Waals surface area (Å²) >= 11 is 0. The zero-order valence-corrected chi connectivity index (χ0v) is 7.89. The third-order valence-corrected chi connectivity index (χ3v) is 2.27. The summed E-state index contributed by atoms with van der Waals surface area (Å²) in [5.41, 5.74) is 0.680. The monoisotopic (exact) mass is 195 g/mol. The molecule has 0 spiro atoms. The molecule has 14 heavy (non-hydrogen) atoms. The minimum absolute atomic E-state index is 0.0647. The normalized spacial score (nSPS) is 22.1. The maximum atomic E-state index is 10.6. The van der Waals surface area contributed by atoms with Crippen LogP contribution in [0.5, 0.6) is 0 Å². The van der Waals surface area contributed by atoms with Crippen LogP contribution in [0.1, 0.15) is 10.5 Å². The van der Waals surface area contributed by atoms with Gasteiger partial charge in [-0.15, -0.1) is 0 Å². The molecule has 2 rings (SSSR count). The first-order valence-corrected chi connectivity index (χ1v) is 4.70. The van der Waals surface area contributed by atoms with Crippen LogP contribution >= 0.6 is 0 Å². The number of hydrogen-bond acceptors (Lipinski definition) is 3. The van der Waals surface area contributed by atoms with Crippen molar-refractivity contribution < 1.29 is 14.3 Å². The van der Waals surface area contributed by atoms with Gasteiger partial charge in [-0.25, -0.2) is 0 Å². The summed E-state index contributed by atoms with van der Waals surface area (Å²) in [6, 6.07) is 3.64. The lowest BCUT2D eigenvalue weighted by Crippen LogP contribution is -2.32. The minimum Gasteiger partial charge on any atom is -0.376 e. The second-order valence-corrected chi connectivity index (χ2v) is 3.27. The first-order chi connectivity index (χ1) is 6.90. The van der Waals surface area contributed by atoms with Crippen LogP contribution in [0.4, 0.5) is 0 Å². The standard InChI is InChI=1S/C10H13NO3/c12-7-9-2-1-3-11(9)6-10-8-13-4-5-14-10/h1-3,7,10H,4-6,8H2. The Kier molecular flexibility index (Phi) is 2.96. The maximum Gasteiger partial charge on any atom is 0.166 e. The summed E-state index contributed by atoms with van der Waals surface area (Å²) < 4.78 is 12.6. The van der Waals surface area contributed by atoms with Crippen LogP contribution in [0.25, 0.3) is 0 Å². The molecular weight excluding hydrogens is 182 g/mol. The van der Waals surface area contributed by atoms with Crippen molar-refractivity contribution in [2.75, 3.05) is 19.8 Å². The van der Waals surface area contributed by atoms with Gasteiger partial charge in [0.2, 0.25) is 0 Å². The summed E-state index contributed by atoms with van der Waals surface area (Å²) in [7, 11) is 0. The summed E-state index contributed by atoms with van der Waals surface area (Å²) in [4.78, 5) is 10.6. The zero-order valence-electron chi connectivity index (χ0n) is 7.89. The van der Waals surface area contributed by atoms with Crippen LogP contribution in [0, 0.1) is 0 Å². The predicted octanol–water partition coefficient (Wildman–Crippen LogP) is 0.716. The molecule has 1 fully saturated rings. The zero-order chi connectivity index (χ0) is 9.80. The van der Waals surface area contributed by atoms with Crippen LogP contribution in [-0.4, -0.2) is 36.8 Å². The van der Waals surface area contributed by atoms with E-state index in [0.717, 1.165) is 6.29 Å². The fourth-order valence-electron chi connectivity index (χ4n) is 1.56. The van der Waals surface area contributed by atoms with Gasteiger partial charge >= 0.3 is 0 Å². The number of ether oxygens (including phenoxy) is 2. The first-order valence-electron chi connectivity index (χ1n) is 4.70. The smallest absolute Gasteiger partial charge is 0.166 e. The van der Waals surface area contributed by atoms with E-state index in [4.69, 9.17) is 9.47 Å². The molecule has 0 aliphatic carbocycles. The van der Waals surface area contributed by atoms with Gasteiger partial charge in [0.25, 0.3) is 0 Å². The lowest BCUT2D eigenvalue weighted by Gasteiger charge is -2.23. The summed E-state index contributed by atoms with van der Waals surface area (Å²) in [5, 5.41) is 0. The van der Waals surface area contributed by atoms with Crippen molar-refractivity contribution in [3.63, 3.8) is 0 Å². The van der Waals surface area contributed by atoms with Gasteiger partial charge in [0, 0.05) is 6.20 Å². The molecule has 4 nitrogen and oxygen atoms in total. The minimum atomic E-state index is 0.0647. The fourth-order valence-corrected chi connectivity index (χ4v) is 1.56. The van der Waals surface area contributed by atoms with Crippen LogP contribution in [0.3, 0.4) is 0 Å². The highest BCUT2D eigenvalue weighted by atomic mass is 16.6. The number of aldehydes is 1. The Labute approximate surface area is 82.4 Å². The Morgan fingerprint density at radius 3 is 3.21 bits per heavy atom. The quantitative estimate of drug-likeness (QED) is 0.667. The van der Waals surface area contributed by atoms with Gasteiger partial charge in [0.05, 0.1) is 38.2 Å². The Morgan fingerprint density at radius 2 is 2.50 bits per heavy atom. The van der Waals surface area contributed by atoms with Crippen LogP contribution in [-0.2, 0) is 16.0 Å². The highest BCUT2D eigenvalue weighted by Gasteiger charge is 2.15. The van der Waals surface area contributed by atoms with Crippen molar-refractivity contribution in [2.45, 2.75) is 12.6 Å². The van der Waals surface area contributed by atoms with E-state index in [-0.39, 0.29) is 6.10 Å². The van der Waals surface area contributed by atoms with Gasteiger partial charge in [0.1, 0.15) is 0 Å². The van der Waals surface area contributed by atoms with Crippen LogP contribution in [0.2, 0.25) is 0 Å². The first kappa shape index (κ1) is 9.43. The van der Waals surface area contributed by atoms with E-state index < -0.39 is 0 Å². The topological polar surface area (TPSA) is 40.5 Å². The van der Waals surface area contributed by atoms with E-state index in [1.165, 1.54) is 0 Å². The molecule has 4 heteroatoms. The van der Waals surface area contributed by atoms with Gasteiger partial charge in [-0.05, 0) is 12.1 Å². The largest absolute Gasteiger partial charge is 0.376 e. The molecule has 76 valence electrons. The van der Waals surface area contributed by atoms with Gasteiger partial charge in [0.15, 0.2) is 6.29 Å². The van der Waals surface area contributed by atoms with E-state index in [0.29, 0.717) is 32.1 Å². The average molecular weight is 195 g/mol. The van der Waals surface area contributed by atoms with E-state index in [9.17, 15) is 4.79 Å². The summed E-state index contributed by atoms with van der Waals surface area (Å²) in [6.07, 6.45) is 2.79. The maximum absolute atomic E-state index is 10.6. The highest BCUT2D eigenvalue weighted by Crippen LogP contribution is 2.06. The van der Waals surface area contributed by atoms with Crippen molar-refractivity contribution in [1.82, 2.24) is 4.57 Å². The number of carbonyl (C=O) groups excluding carboxylic acids is 1. The van der Waals surface area contributed by atoms with Gasteiger partial charge in [-0.1, -0.05) is 0 Å². The molecule has 1 aliphatic heterocycles. The van der Waals surface area contributed by atoms with Crippen molar-refractivity contribution in [1.29, 1.82) is 0 Å². The van der Waals surface area contributed by atoms with Crippen molar-refractivity contribution in [3.8, 4) is 0 Å². The Balaban J connectivity index is 1.98. The second-order valence-electron chi connectivity index (χ2n) is 3.27. The molecule has 1 aromatic rings. The third kappa shape index (κ3) is 2.02. The summed E-state index contributed by atoms with van der Waals surface area (Å²) in [5.74, 6) is 0. The van der Waals surface area contributed by atoms with Crippen LogP contribution in [0.15, 0.2) is 18.3 Å². The number of hydrogen-bond donors (Lipinski definition) is 0. The SMILES string of the molecule is O=Cc1cccn1CC1COCCO1. The number of rotatable bonds is 3.